The van der Waals surface area contributed by atoms with Gasteiger partial charge in [-0.1, -0.05) is 33.8 Å². The number of likely N-dealkylation sites (N-methyl/N-ethyl adjacent to an activating group) is 1. The summed E-state index contributed by atoms with van der Waals surface area (Å²) < 4.78 is 17.8. The van der Waals surface area contributed by atoms with Crippen molar-refractivity contribution in [3.63, 3.8) is 0 Å². The van der Waals surface area contributed by atoms with E-state index in [1.807, 2.05) is 44.2 Å². The van der Waals surface area contributed by atoms with Gasteiger partial charge in [-0.05, 0) is 80.2 Å². The van der Waals surface area contributed by atoms with E-state index in [4.69, 9.17) is 13.9 Å². The van der Waals surface area contributed by atoms with E-state index in [-0.39, 0.29) is 17.1 Å². The molecule has 0 bridgehead atoms. The van der Waals surface area contributed by atoms with Crippen LogP contribution in [0.25, 0.3) is 11.0 Å². The van der Waals surface area contributed by atoms with Crippen LogP contribution in [0.2, 0.25) is 0 Å². The number of benzene rings is 2. The summed E-state index contributed by atoms with van der Waals surface area (Å²) in [6.45, 7) is 16.0. The fourth-order valence-corrected chi connectivity index (χ4v) is 5.02. The summed E-state index contributed by atoms with van der Waals surface area (Å²) in [5.74, 6) is 1.62. The number of hydrogen-bond acceptors (Lipinski definition) is 6. The highest BCUT2D eigenvalue weighted by molar-refractivity contribution is 5.99. The zero-order valence-corrected chi connectivity index (χ0v) is 23.7. The lowest BCUT2D eigenvalue weighted by Gasteiger charge is -2.28. The van der Waals surface area contributed by atoms with Gasteiger partial charge in [0.25, 0.3) is 5.91 Å². The van der Waals surface area contributed by atoms with Crippen LogP contribution < -0.4 is 14.9 Å². The number of carbonyl (C=O) groups excluding carboxylic acids is 1. The Kier molecular flexibility index (Phi) is 8.46. The van der Waals surface area contributed by atoms with E-state index in [2.05, 4.69) is 32.6 Å². The molecular formula is C31H40N2O5. The van der Waals surface area contributed by atoms with Crippen LogP contribution in [0.3, 0.4) is 0 Å². The van der Waals surface area contributed by atoms with Gasteiger partial charge in [0, 0.05) is 13.1 Å². The second-order valence-corrected chi connectivity index (χ2v) is 10.5. The van der Waals surface area contributed by atoms with Gasteiger partial charge >= 0.3 is 0 Å². The third kappa shape index (κ3) is 5.30. The van der Waals surface area contributed by atoms with Crippen LogP contribution in [0.5, 0.6) is 11.5 Å². The number of amides is 1. The largest absolute Gasteiger partial charge is 0.493 e. The molecule has 0 radical (unpaired) electrons. The summed E-state index contributed by atoms with van der Waals surface area (Å²) in [5.41, 5.74) is 3.48. The minimum Gasteiger partial charge on any atom is -0.493 e. The van der Waals surface area contributed by atoms with E-state index in [9.17, 15) is 9.59 Å². The Morgan fingerprint density at radius 3 is 2.39 bits per heavy atom. The lowest BCUT2D eigenvalue weighted by molar-refractivity contribution is 0.0708. The van der Waals surface area contributed by atoms with Crippen molar-refractivity contribution in [2.75, 3.05) is 39.9 Å². The summed E-state index contributed by atoms with van der Waals surface area (Å²) >= 11 is 0. The van der Waals surface area contributed by atoms with Gasteiger partial charge in [0.2, 0.25) is 5.76 Å². The van der Waals surface area contributed by atoms with Gasteiger partial charge in [0.15, 0.2) is 16.9 Å². The van der Waals surface area contributed by atoms with E-state index in [0.29, 0.717) is 53.6 Å². The van der Waals surface area contributed by atoms with Crippen LogP contribution in [0, 0.1) is 19.8 Å². The maximum atomic E-state index is 13.9. The normalized spacial score (nSPS) is 15.1. The molecule has 0 fully saturated rings. The van der Waals surface area contributed by atoms with Crippen LogP contribution in [0.1, 0.15) is 73.0 Å². The van der Waals surface area contributed by atoms with E-state index >= 15 is 0 Å². The fourth-order valence-electron chi connectivity index (χ4n) is 5.02. The third-order valence-electron chi connectivity index (χ3n) is 7.59. The molecule has 1 amide bonds. The number of aryl methyl sites for hydroxylation is 2. The highest BCUT2D eigenvalue weighted by Gasteiger charge is 2.43. The van der Waals surface area contributed by atoms with E-state index in [1.54, 1.807) is 12.0 Å². The number of nitrogens with zero attached hydrogens (tertiary/aromatic N) is 2. The Bertz CT molecular complexity index is 1370. The Labute approximate surface area is 225 Å². The summed E-state index contributed by atoms with van der Waals surface area (Å²) in [6.07, 6.45) is 0.932. The quantitative estimate of drug-likeness (QED) is 0.322. The lowest BCUT2D eigenvalue weighted by Crippen LogP contribution is -2.37. The molecule has 3 aromatic rings. The summed E-state index contributed by atoms with van der Waals surface area (Å²) in [7, 11) is 1.60. The van der Waals surface area contributed by atoms with Crippen molar-refractivity contribution in [2.24, 2.45) is 5.92 Å². The highest BCUT2D eigenvalue weighted by atomic mass is 16.5. The standard InChI is InChI=1S/C31H40N2O5/c1-8-32(9-2)13-14-33-28(22-10-11-24(26(18-22)36-7)37-15-12-19(3)4)27-29(34)23-16-20(5)21(6)17-25(23)38-30(27)31(33)35/h10-11,16-19,28H,8-9,12-15H2,1-7H3. The molecule has 1 aliphatic rings. The second-order valence-electron chi connectivity index (χ2n) is 10.5. The van der Waals surface area contributed by atoms with Gasteiger partial charge in [0.05, 0.1) is 30.7 Å². The fraction of sp³-hybridized carbons (Fsp3) is 0.484. The minimum absolute atomic E-state index is 0.131. The van der Waals surface area contributed by atoms with Gasteiger partial charge in [-0.15, -0.1) is 0 Å². The van der Waals surface area contributed by atoms with Crippen molar-refractivity contribution in [2.45, 2.75) is 54.0 Å². The van der Waals surface area contributed by atoms with Crippen LogP contribution in [-0.2, 0) is 0 Å². The average molecular weight is 521 g/mol. The molecule has 0 aliphatic carbocycles. The summed E-state index contributed by atoms with van der Waals surface area (Å²) in [4.78, 5) is 31.7. The molecule has 4 rings (SSSR count). The molecule has 0 saturated carbocycles. The van der Waals surface area contributed by atoms with E-state index in [0.717, 1.165) is 36.2 Å². The molecule has 1 unspecified atom stereocenters. The topological polar surface area (TPSA) is 72.2 Å². The maximum absolute atomic E-state index is 13.9. The van der Waals surface area contributed by atoms with E-state index in [1.165, 1.54) is 0 Å². The molecule has 1 aliphatic heterocycles. The first kappa shape index (κ1) is 27.7. The van der Waals surface area contributed by atoms with Crippen molar-refractivity contribution < 1.29 is 18.7 Å². The number of methoxy groups -OCH3 is 1. The van der Waals surface area contributed by atoms with E-state index < -0.39 is 6.04 Å². The molecule has 204 valence electrons. The predicted octanol–water partition coefficient (Wildman–Crippen LogP) is 5.73. The lowest BCUT2D eigenvalue weighted by atomic mass is 9.97. The Hall–Kier alpha value is -3.32. The van der Waals surface area contributed by atoms with Crippen LogP contribution in [0.4, 0.5) is 0 Å². The number of carbonyl (C=O) groups is 1. The molecule has 7 heteroatoms. The van der Waals surface area contributed by atoms with Crippen molar-refractivity contribution in [3.8, 4) is 11.5 Å². The number of hydrogen-bond donors (Lipinski definition) is 0. The molecule has 0 N–H and O–H groups in total. The molecular weight excluding hydrogens is 480 g/mol. The average Bonchev–Trinajstić information content (AvgIpc) is 3.17. The van der Waals surface area contributed by atoms with Crippen molar-refractivity contribution in [3.05, 3.63) is 68.6 Å². The summed E-state index contributed by atoms with van der Waals surface area (Å²) in [5, 5.41) is 0.496. The first-order valence-corrected chi connectivity index (χ1v) is 13.6. The molecule has 2 aromatic carbocycles. The van der Waals surface area contributed by atoms with Crippen LogP contribution in [0.15, 0.2) is 39.5 Å². The van der Waals surface area contributed by atoms with Gasteiger partial charge in [-0.25, -0.2) is 0 Å². The molecule has 0 spiro atoms. The van der Waals surface area contributed by atoms with Crippen molar-refractivity contribution >= 4 is 16.9 Å². The van der Waals surface area contributed by atoms with Crippen LogP contribution in [-0.4, -0.2) is 55.6 Å². The van der Waals surface area contributed by atoms with Gasteiger partial charge in [0.1, 0.15) is 5.58 Å². The highest BCUT2D eigenvalue weighted by Crippen LogP contribution is 2.41. The Morgan fingerprint density at radius 2 is 1.74 bits per heavy atom. The maximum Gasteiger partial charge on any atom is 0.290 e. The summed E-state index contributed by atoms with van der Waals surface area (Å²) in [6, 6.07) is 8.81. The Balaban J connectivity index is 1.83. The molecule has 1 aromatic heterocycles. The zero-order valence-electron chi connectivity index (χ0n) is 23.7. The molecule has 38 heavy (non-hydrogen) atoms. The number of rotatable bonds is 11. The van der Waals surface area contributed by atoms with Gasteiger partial charge < -0.3 is 23.7 Å². The number of fused-ring (bicyclic) bond motifs is 2. The number of ether oxygens (including phenoxy) is 2. The minimum atomic E-state index is -0.575. The first-order chi connectivity index (χ1) is 18.2. The van der Waals surface area contributed by atoms with Crippen molar-refractivity contribution in [1.82, 2.24) is 9.80 Å². The van der Waals surface area contributed by atoms with Gasteiger partial charge in [-0.3, -0.25) is 9.59 Å². The smallest absolute Gasteiger partial charge is 0.290 e. The molecule has 0 saturated heterocycles. The monoisotopic (exact) mass is 520 g/mol. The van der Waals surface area contributed by atoms with Crippen LogP contribution >= 0.6 is 0 Å². The molecule has 1 atom stereocenters. The van der Waals surface area contributed by atoms with Crippen molar-refractivity contribution in [1.29, 1.82) is 0 Å². The zero-order chi connectivity index (χ0) is 27.6. The van der Waals surface area contributed by atoms with Gasteiger partial charge in [-0.2, -0.15) is 0 Å². The predicted molar refractivity (Wildman–Crippen MR) is 151 cm³/mol. The molecule has 7 nitrogen and oxygen atoms in total. The Morgan fingerprint density at radius 1 is 1.03 bits per heavy atom. The second kappa shape index (κ2) is 11.6. The molecule has 2 heterocycles. The third-order valence-corrected chi connectivity index (χ3v) is 7.59. The SMILES string of the molecule is CCN(CC)CCN1C(=O)c2oc3cc(C)c(C)cc3c(=O)c2C1c1ccc(OCCC(C)C)c(OC)c1. The first-order valence-electron chi connectivity index (χ1n) is 13.6.